The third-order valence-electron chi connectivity index (χ3n) is 8.05. The van der Waals surface area contributed by atoms with Crippen LogP contribution in [0.4, 0.5) is 0 Å². The lowest BCUT2D eigenvalue weighted by molar-refractivity contribution is -0.127. The van der Waals surface area contributed by atoms with E-state index in [4.69, 9.17) is 36.1 Å². The number of carbonyl (C=O) groups is 7. The molecule has 0 aromatic rings. The first-order valence-electron chi connectivity index (χ1n) is 19.4. The third-order valence-corrected chi connectivity index (χ3v) is 8.05. The van der Waals surface area contributed by atoms with Gasteiger partial charge in [0, 0.05) is 63.8 Å². The zero-order valence-electron chi connectivity index (χ0n) is 32.8. The Morgan fingerprint density at radius 1 is 0.491 bits per heavy atom. The second-order valence-electron chi connectivity index (χ2n) is 13.0. The van der Waals surface area contributed by atoms with Gasteiger partial charge in [-0.1, -0.05) is 19.8 Å². The standard InChI is InChI=1S/C36H68N8O11/c1-28(36(39)51)8-4-6-17-40-32(47)13-12-29(14-15-37)44-33(48)11-7-10-31(46)42-18-20-52-22-25-55-27-35(50)43-19-21-53-23-24-54-26-34(49)41-16-5-2-3-9-30(38)45/h28-29H,2-27,37H2,1H3,(H2,38,45)(H2,39,51)(H,40,47)(H,41,49)(H,42,46)(H,43,50)(H,44,48)/t28-,29?/m0/s1. The summed E-state index contributed by atoms with van der Waals surface area (Å²) >= 11 is 0. The Bertz CT molecular complexity index is 1100. The molecule has 1 unspecified atom stereocenters. The number of unbranched alkanes of at least 4 members (excludes halogenated alkanes) is 3. The minimum atomic E-state index is -0.325. The monoisotopic (exact) mass is 789 g/mol. The molecule has 0 aliphatic carbocycles. The van der Waals surface area contributed by atoms with Crippen LogP contribution >= 0.6 is 0 Å². The Morgan fingerprint density at radius 3 is 1.58 bits per heavy atom. The zero-order valence-corrected chi connectivity index (χ0v) is 32.8. The van der Waals surface area contributed by atoms with Crippen LogP contribution in [0.25, 0.3) is 0 Å². The average molecular weight is 789 g/mol. The molecule has 0 fully saturated rings. The molecule has 19 heteroatoms. The van der Waals surface area contributed by atoms with E-state index in [9.17, 15) is 33.6 Å². The second kappa shape index (κ2) is 35.8. The summed E-state index contributed by atoms with van der Waals surface area (Å²) in [5, 5.41) is 13.9. The number of nitrogens with one attached hydrogen (secondary N) is 5. The molecule has 0 aromatic carbocycles. The van der Waals surface area contributed by atoms with E-state index in [2.05, 4.69) is 26.6 Å². The van der Waals surface area contributed by atoms with Gasteiger partial charge in [-0.3, -0.25) is 33.6 Å². The maximum absolute atomic E-state index is 12.4. The summed E-state index contributed by atoms with van der Waals surface area (Å²) in [4.78, 5) is 82.0. The fraction of sp³-hybridized carbons (Fsp3) is 0.806. The van der Waals surface area contributed by atoms with Gasteiger partial charge in [0.2, 0.25) is 41.4 Å². The molecule has 318 valence electrons. The van der Waals surface area contributed by atoms with Crippen LogP contribution in [0.2, 0.25) is 0 Å². The summed E-state index contributed by atoms with van der Waals surface area (Å²) < 4.78 is 21.3. The molecule has 0 aliphatic heterocycles. The number of nitrogens with two attached hydrogens (primary N) is 3. The molecule has 55 heavy (non-hydrogen) atoms. The summed E-state index contributed by atoms with van der Waals surface area (Å²) in [7, 11) is 0. The molecule has 7 amide bonds. The summed E-state index contributed by atoms with van der Waals surface area (Å²) in [6.07, 6.45) is 6.79. The van der Waals surface area contributed by atoms with Gasteiger partial charge in [-0.05, 0) is 51.5 Å². The highest BCUT2D eigenvalue weighted by atomic mass is 16.5. The molecule has 0 aliphatic rings. The fourth-order valence-corrected chi connectivity index (χ4v) is 4.85. The molecule has 0 bridgehead atoms. The number of ether oxygens (including phenoxy) is 4. The van der Waals surface area contributed by atoms with E-state index in [0.717, 1.165) is 25.7 Å². The molecule has 0 saturated carbocycles. The number of amides is 7. The number of rotatable bonds is 38. The number of hydrogen-bond acceptors (Lipinski definition) is 12. The van der Waals surface area contributed by atoms with Crippen molar-refractivity contribution in [3.05, 3.63) is 0 Å². The predicted molar refractivity (Wildman–Crippen MR) is 204 cm³/mol. The van der Waals surface area contributed by atoms with Crippen molar-refractivity contribution in [3.63, 3.8) is 0 Å². The first kappa shape index (κ1) is 51.1. The van der Waals surface area contributed by atoms with Gasteiger partial charge >= 0.3 is 0 Å². The highest BCUT2D eigenvalue weighted by molar-refractivity contribution is 5.80. The first-order chi connectivity index (χ1) is 26.4. The van der Waals surface area contributed by atoms with Gasteiger partial charge in [-0.2, -0.15) is 0 Å². The number of hydrogen-bond donors (Lipinski definition) is 8. The van der Waals surface area contributed by atoms with Crippen molar-refractivity contribution in [2.24, 2.45) is 23.1 Å². The van der Waals surface area contributed by atoms with E-state index in [-0.39, 0.29) is 139 Å². The fourth-order valence-electron chi connectivity index (χ4n) is 4.85. The molecule has 11 N–H and O–H groups in total. The minimum absolute atomic E-state index is 0.0758. The lowest BCUT2D eigenvalue weighted by Crippen LogP contribution is -2.37. The molecule has 19 nitrogen and oxygen atoms in total. The Labute approximate surface area is 325 Å². The third kappa shape index (κ3) is 35.5. The summed E-state index contributed by atoms with van der Waals surface area (Å²) in [6, 6.07) is -0.236. The zero-order chi connectivity index (χ0) is 40.9. The molecule has 2 atom stereocenters. The van der Waals surface area contributed by atoms with E-state index in [1.807, 2.05) is 0 Å². The van der Waals surface area contributed by atoms with Gasteiger partial charge in [0.25, 0.3) is 0 Å². The van der Waals surface area contributed by atoms with Crippen LogP contribution in [0.15, 0.2) is 0 Å². The van der Waals surface area contributed by atoms with Crippen LogP contribution in [0.1, 0.15) is 90.4 Å². The van der Waals surface area contributed by atoms with Gasteiger partial charge < -0.3 is 62.7 Å². The second-order valence-corrected chi connectivity index (χ2v) is 13.0. The maximum atomic E-state index is 12.4. The van der Waals surface area contributed by atoms with Gasteiger partial charge in [-0.25, -0.2) is 0 Å². The molecule has 0 spiro atoms. The predicted octanol–water partition coefficient (Wildman–Crippen LogP) is -1.36. The normalized spacial score (nSPS) is 12.0. The van der Waals surface area contributed by atoms with Crippen molar-refractivity contribution in [2.75, 3.05) is 85.6 Å². The van der Waals surface area contributed by atoms with Crippen molar-refractivity contribution in [2.45, 2.75) is 96.4 Å². The average Bonchev–Trinajstić information content (AvgIpc) is 3.13. The van der Waals surface area contributed by atoms with Gasteiger partial charge in [0.05, 0.1) is 39.6 Å². The lowest BCUT2D eigenvalue weighted by Gasteiger charge is -2.18. The van der Waals surface area contributed by atoms with E-state index >= 15 is 0 Å². The number of carbonyl (C=O) groups excluding carboxylic acids is 7. The van der Waals surface area contributed by atoms with Crippen molar-refractivity contribution in [1.82, 2.24) is 26.6 Å². The van der Waals surface area contributed by atoms with Gasteiger partial charge in [0.1, 0.15) is 13.2 Å². The topological polar surface area (TPSA) is 295 Å². The van der Waals surface area contributed by atoms with Crippen LogP contribution in [0.3, 0.4) is 0 Å². The largest absolute Gasteiger partial charge is 0.377 e. The van der Waals surface area contributed by atoms with E-state index in [0.29, 0.717) is 58.2 Å². The Hall–Kier alpha value is -3.91. The van der Waals surface area contributed by atoms with Crippen molar-refractivity contribution < 1.29 is 52.5 Å². The van der Waals surface area contributed by atoms with Crippen molar-refractivity contribution in [1.29, 1.82) is 0 Å². The van der Waals surface area contributed by atoms with Crippen molar-refractivity contribution in [3.8, 4) is 0 Å². The van der Waals surface area contributed by atoms with Gasteiger partial charge in [-0.15, -0.1) is 0 Å². The molecule has 0 rings (SSSR count). The number of primary amides is 2. The molecule has 0 radical (unpaired) electrons. The van der Waals surface area contributed by atoms with E-state index in [1.54, 1.807) is 6.92 Å². The van der Waals surface area contributed by atoms with Crippen LogP contribution in [-0.4, -0.2) is 133 Å². The first-order valence-corrected chi connectivity index (χ1v) is 19.4. The minimum Gasteiger partial charge on any atom is -0.377 e. The van der Waals surface area contributed by atoms with Crippen LogP contribution in [0, 0.1) is 5.92 Å². The smallest absolute Gasteiger partial charge is 0.246 e. The van der Waals surface area contributed by atoms with Crippen molar-refractivity contribution >= 4 is 41.4 Å². The summed E-state index contributed by atoms with van der Waals surface area (Å²) in [6.45, 7) is 5.01. The summed E-state index contributed by atoms with van der Waals surface area (Å²) in [5.41, 5.74) is 16.0. The Morgan fingerprint density at radius 2 is 1.00 bits per heavy atom. The maximum Gasteiger partial charge on any atom is 0.246 e. The molecule has 0 heterocycles. The highest BCUT2D eigenvalue weighted by Gasteiger charge is 2.15. The van der Waals surface area contributed by atoms with Crippen LogP contribution in [-0.2, 0) is 52.5 Å². The van der Waals surface area contributed by atoms with Crippen LogP contribution < -0.4 is 43.8 Å². The lowest BCUT2D eigenvalue weighted by atomic mass is 10.0. The summed E-state index contributed by atoms with van der Waals surface area (Å²) in [5.74, 6) is -1.88. The Kier molecular flexibility index (Phi) is 33.2. The molecular formula is C36H68N8O11. The highest BCUT2D eigenvalue weighted by Crippen LogP contribution is 2.07. The quantitative estimate of drug-likeness (QED) is 0.0337. The molecular weight excluding hydrogens is 720 g/mol. The van der Waals surface area contributed by atoms with E-state index in [1.165, 1.54) is 0 Å². The van der Waals surface area contributed by atoms with Gasteiger partial charge in [0.15, 0.2) is 0 Å². The Balaban J connectivity index is 3.70. The van der Waals surface area contributed by atoms with E-state index < -0.39 is 0 Å². The molecule has 0 saturated heterocycles. The molecule has 0 aromatic heterocycles. The SMILES string of the molecule is C[C@@H](CCCCNC(=O)CCC(CCN)NC(=O)CCCC(=O)NCCOCCOCC(=O)NCCOCCOCC(=O)NCCCCCC(N)=O)C(N)=O. The van der Waals surface area contributed by atoms with Crippen LogP contribution in [0.5, 0.6) is 0 Å².